The summed E-state index contributed by atoms with van der Waals surface area (Å²) in [6.07, 6.45) is -0.263. The van der Waals surface area contributed by atoms with E-state index in [4.69, 9.17) is 16.3 Å². The molecule has 144 valence electrons. The van der Waals surface area contributed by atoms with Gasteiger partial charge in [-0.15, -0.1) is 11.3 Å². The zero-order valence-electron chi connectivity index (χ0n) is 14.9. The Morgan fingerprint density at radius 1 is 1.25 bits per heavy atom. The van der Waals surface area contributed by atoms with Gasteiger partial charge in [-0.2, -0.15) is 0 Å². The number of hydrogen-bond donors (Lipinski definition) is 2. The lowest BCUT2D eigenvalue weighted by atomic mass is 10.0. The van der Waals surface area contributed by atoms with Gasteiger partial charge in [0.05, 0.1) is 24.6 Å². The Hall–Kier alpha value is -2.90. The van der Waals surface area contributed by atoms with Gasteiger partial charge in [-0.25, -0.2) is 4.98 Å². The number of methoxy groups -OCH3 is 1. The van der Waals surface area contributed by atoms with Crippen LogP contribution in [0.5, 0.6) is 5.75 Å². The summed E-state index contributed by atoms with van der Waals surface area (Å²) in [5, 5.41) is 14.8. The molecule has 2 aromatic carbocycles. The number of rotatable bonds is 7. The number of aliphatic carboxylic acids is 1. The van der Waals surface area contributed by atoms with Crippen molar-refractivity contribution in [2.45, 2.75) is 12.5 Å². The first-order valence-corrected chi connectivity index (χ1v) is 9.60. The molecule has 0 saturated heterocycles. The van der Waals surface area contributed by atoms with Crippen LogP contribution in [-0.4, -0.2) is 29.1 Å². The quantitative estimate of drug-likeness (QED) is 0.595. The van der Waals surface area contributed by atoms with Crippen molar-refractivity contribution in [3.05, 3.63) is 70.2 Å². The summed E-state index contributed by atoms with van der Waals surface area (Å²) < 4.78 is 5.18. The number of halogens is 1. The van der Waals surface area contributed by atoms with Gasteiger partial charge >= 0.3 is 5.97 Å². The number of carbonyl (C=O) groups is 2. The van der Waals surface area contributed by atoms with Gasteiger partial charge in [-0.05, 0) is 23.8 Å². The fourth-order valence-corrected chi connectivity index (χ4v) is 3.77. The van der Waals surface area contributed by atoms with Crippen LogP contribution in [0.2, 0.25) is 5.02 Å². The highest BCUT2D eigenvalue weighted by atomic mass is 35.5. The number of nitrogens with one attached hydrogen (secondary N) is 1. The average Bonchev–Trinajstić information content (AvgIpc) is 3.17. The number of carbonyl (C=O) groups excluding carboxylic acids is 1. The summed E-state index contributed by atoms with van der Waals surface area (Å²) in [6.45, 7) is 0. The van der Waals surface area contributed by atoms with Crippen molar-refractivity contribution >= 4 is 34.8 Å². The molecule has 1 heterocycles. The molecular weight excluding hydrogens is 400 g/mol. The van der Waals surface area contributed by atoms with Gasteiger partial charge in [0, 0.05) is 10.9 Å². The number of ether oxygens (including phenoxy) is 1. The Morgan fingerprint density at radius 2 is 2.04 bits per heavy atom. The molecule has 0 spiro atoms. The maximum absolute atomic E-state index is 12.7. The minimum Gasteiger partial charge on any atom is -0.497 e. The predicted molar refractivity (Wildman–Crippen MR) is 108 cm³/mol. The fraction of sp³-hybridized carbons (Fsp3) is 0.150. The summed E-state index contributed by atoms with van der Waals surface area (Å²) in [6, 6.07) is 13.5. The smallest absolute Gasteiger partial charge is 0.305 e. The first kappa shape index (κ1) is 19.9. The molecule has 0 aliphatic heterocycles. The Morgan fingerprint density at radius 3 is 2.75 bits per heavy atom. The van der Waals surface area contributed by atoms with E-state index in [0.29, 0.717) is 21.3 Å². The second kappa shape index (κ2) is 8.86. The third-order valence-electron chi connectivity index (χ3n) is 4.02. The predicted octanol–water partition coefficient (Wildman–Crippen LogP) is 4.42. The molecule has 3 aromatic rings. The molecule has 1 amide bonds. The van der Waals surface area contributed by atoms with Crippen LogP contribution >= 0.6 is 22.9 Å². The average molecular weight is 417 g/mol. The first-order chi connectivity index (χ1) is 13.5. The van der Waals surface area contributed by atoms with E-state index in [0.717, 1.165) is 5.56 Å². The molecule has 8 heteroatoms. The van der Waals surface area contributed by atoms with E-state index in [1.165, 1.54) is 18.4 Å². The van der Waals surface area contributed by atoms with Crippen molar-refractivity contribution in [3.63, 3.8) is 0 Å². The molecular formula is C20H17ClN2O4S. The van der Waals surface area contributed by atoms with E-state index in [1.54, 1.807) is 35.7 Å². The van der Waals surface area contributed by atoms with Crippen LogP contribution in [0.3, 0.4) is 0 Å². The minimum absolute atomic E-state index is 0.207. The lowest BCUT2D eigenvalue weighted by Gasteiger charge is -2.17. The molecule has 0 aliphatic rings. The number of amides is 1. The largest absolute Gasteiger partial charge is 0.497 e. The van der Waals surface area contributed by atoms with Gasteiger partial charge in [0.1, 0.15) is 16.5 Å². The van der Waals surface area contributed by atoms with Gasteiger partial charge in [-0.3, -0.25) is 9.59 Å². The third-order valence-corrected chi connectivity index (χ3v) is 5.23. The number of thiazole rings is 1. The molecule has 3 rings (SSSR count). The lowest BCUT2D eigenvalue weighted by Crippen LogP contribution is -2.30. The number of hydrogen-bond acceptors (Lipinski definition) is 5. The second-order valence-corrected chi connectivity index (χ2v) is 7.18. The summed E-state index contributed by atoms with van der Waals surface area (Å²) in [4.78, 5) is 28.3. The fourth-order valence-electron chi connectivity index (χ4n) is 2.65. The van der Waals surface area contributed by atoms with E-state index in [9.17, 15) is 14.7 Å². The van der Waals surface area contributed by atoms with E-state index in [2.05, 4.69) is 10.3 Å². The molecule has 6 nitrogen and oxygen atoms in total. The molecule has 28 heavy (non-hydrogen) atoms. The van der Waals surface area contributed by atoms with Crippen molar-refractivity contribution in [1.29, 1.82) is 0 Å². The highest BCUT2D eigenvalue weighted by Gasteiger charge is 2.21. The number of benzene rings is 2. The van der Waals surface area contributed by atoms with Crippen molar-refractivity contribution in [3.8, 4) is 16.3 Å². The van der Waals surface area contributed by atoms with Crippen molar-refractivity contribution in [2.75, 3.05) is 7.11 Å². The topological polar surface area (TPSA) is 88.5 Å². The van der Waals surface area contributed by atoms with Crippen molar-refractivity contribution in [2.24, 2.45) is 0 Å². The van der Waals surface area contributed by atoms with E-state index < -0.39 is 17.9 Å². The molecule has 1 atom stereocenters. The molecule has 2 N–H and O–H groups in total. The molecule has 0 radical (unpaired) electrons. The molecule has 0 bridgehead atoms. The molecule has 0 fully saturated rings. The molecule has 1 aromatic heterocycles. The highest BCUT2D eigenvalue weighted by molar-refractivity contribution is 7.13. The Balaban J connectivity index is 1.82. The molecule has 0 saturated carbocycles. The van der Waals surface area contributed by atoms with Gasteiger partial charge in [0.15, 0.2) is 0 Å². The van der Waals surface area contributed by atoms with Crippen LogP contribution < -0.4 is 10.1 Å². The van der Waals surface area contributed by atoms with Gasteiger partial charge in [0.2, 0.25) is 0 Å². The van der Waals surface area contributed by atoms with Gasteiger partial charge < -0.3 is 15.2 Å². The zero-order valence-corrected chi connectivity index (χ0v) is 16.5. The summed E-state index contributed by atoms with van der Waals surface area (Å²) in [5.41, 5.74) is 1.58. The van der Waals surface area contributed by atoms with E-state index in [-0.39, 0.29) is 12.1 Å². The Bertz CT molecular complexity index is 1010. The van der Waals surface area contributed by atoms with Crippen molar-refractivity contribution in [1.82, 2.24) is 10.3 Å². The second-order valence-electron chi connectivity index (χ2n) is 5.92. The van der Waals surface area contributed by atoms with Gasteiger partial charge in [0.25, 0.3) is 5.91 Å². The standard InChI is InChI=1S/C20H17ClN2O4S/c1-27-13-6-4-5-12(9-13)16(10-18(24)25)22-19(26)17-11-28-20(23-17)14-7-2-3-8-15(14)21/h2-9,11,16H,10H2,1H3,(H,22,26)(H,24,25). The van der Waals surface area contributed by atoms with Crippen molar-refractivity contribution < 1.29 is 19.4 Å². The third kappa shape index (κ3) is 4.68. The monoisotopic (exact) mass is 416 g/mol. The number of carboxylic acids is 1. The molecule has 1 unspecified atom stereocenters. The number of aromatic nitrogens is 1. The summed E-state index contributed by atoms with van der Waals surface area (Å²) in [7, 11) is 1.52. The van der Waals surface area contributed by atoms with Gasteiger partial charge in [-0.1, -0.05) is 41.9 Å². The van der Waals surface area contributed by atoms with E-state index in [1.807, 2.05) is 18.2 Å². The SMILES string of the molecule is COc1cccc(C(CC(=O)O)NC(=O)c2csc(-c3ccccc3Cl)n2)c1. The summed E-state index contributed by atoms with van der Waals surface area (Å²) in [5.74, 6) is -0.899. The minimum atomic E-state index is -1.02. The van der Waals surface area contributed by atoms with Crippen LogP contribution in [0, 0.1) is 0 Å². The normalized spacial score (nSPS) is 11.6. The molecule has 0 aliphatic carbocycles. The van der Waals surface area contributed by atoms with Crippen LogP contribution in [0.25, 0.3) is 10.6 Å². The maximum atomic E-state index is 12.7. The first-order valence-electron chi connectivity index (χ1n) is 8.35. The lowest BCUT2D eigenvalue weighted by molar-refractivity contribution is -0.137. The Kier molecular flexibility index (Phi) is 6.28. The van der Waals surface area contributed by atoms with Crippen LogP contribution in [0.1, 0.15) is 28.5 Å². The number of nitrogens with zero attached hydrogens (tertiary/aromatic N) is 1. The van der Waals surface area contributed by atoms with Crippen LogP contribution in [-0.2, 0) is 4.79 Å². The zero-order chi connectivity index (χ0) is 20.1. The van der Waals surface area contributed by atoms with Crippen LogP contribution in [0.4, 0.5) is 0 Å². The highest BCUT2D eigenvalue weighted by Crippen LogP contribution is 2.30. The number of carboxylic acid groups (broad SMARTS) is 1. The maximum Gasteiger partial charge on any atom is 0.305 e. The summed E-state index contributed by atoms with van der Waals surface area (Å²) >= 11 is 7.48. The Labute approximate surface area is 170 Å². The van der Waals surface area contributed by atoms with E-state index >= 15 is 0 Å². The van der Waals surface area contributed by atoms with Crippen LogP contribution in [0.15, 0.2) is 53.9 Å².